The van der Waals surface area contributed by atoms with Crippen molar-refractivity contribution in [3.05, 3.63) is 86.6 Å². The van der Waals surface area contributed by atoms with Gasteiger partial charge in [-0.25, -0.2) is 27.3 Å². The van der Waals surface area contributed by atoms with Crippen molar-refractivity contribution >= 4 is 21.2 Å². The zero-order valence-corrected chi connectivity index (χ0v) is 22.0. The molecule has 2 aromatic heterocycles. The molecular weight excluding hydrogens is 529 g/mol. The van der Waals surface area contributed by atoms with Gasteiger partial charge < -0.3 is 14.0 Å². The van der Waals surface area contributed by atoms with E-state index in [0.29, 0.717) is 49.3 Å². The average Bonchev–Trinajstić information content (AvgIpc) is 3.37. The first-order valence-electron chi connectivity index (χ1n) is 12.5. The van der Waals surface area contributed by atoms with Crippen molar-refractivity contribution in [1.29, 1.82) is 0 Å². The lowest BCUT2D eigenvalue weighted by molar-refractivity contribution is 0.0240. The maximum absolute atomic E-state index is 14.6. The van der Waals surface area contributed by atoms with E-state index in [0.717, 1.165) is 11.6 Å². The van der Waals surface area contributed by atoms with Crippen LogP contribution in [0.25, 0.3) is 11.2 Å². The van der Waals surface area contributed by atoms with E-state index in [4.69, 9.17) is 9.47 Å². The molecule has 1 aliphatic heterocycles. The summed E-state index contributed by atoms with van der Waals surface area (Å²) in [5, 5.41) is 0. The van der Waals surface area contributed by atoms with Crippen molar-refractivity contribution in [3.8, 4) is 5.75 Å². The van der Waals surface area contributed by atoms with Gasteiger partial charge in [-0.05, 0) is 36.2 Å². The number of aromatic amines is 1. The number of H-pyrrole nitrogens is 1. The Morgan fingerprint density at radius 3 is 2.54 bits per heavy atom. The second-order valence-corrected chi connectivity index (χ2v) is 11.0. The highest BCUT2D eigenvalue weighted by Crippen LogP contribution is 2.24. The van der Waals surface area contributed by atoms with Gasteiger partial charge in [-0.2, -0.15) is 0 Å². The number of sulfonamides is 1. The van der Waals surface area contributed by atoms with E-state index >= 15 is 0 Å². The second-order valence-electron chi connectivity index (χ2n) is 9.21. The van der Waals surface area contributed by atoms with E-state index < -0.39 is 27.1 Å². The number of imidazole rings is 1. The minimum Gasteiger partial charge on any atom is -0.487 e. The van der Waals surface area contributed by atoms with Crippen molar-refractivity contribution < 1.29 is 22.3 Å². The summed E-state index contributed by atoms with van der Waals surface area (Å²) in [5.41, 5.74) is 0.972. The molecule has 206 valence electrons. The largest absolute Gasteiger partial charge is 0.487 e. The molecule has 2 aromatic carbocycles. The molecule has 1 saturated heterocycles. The second kappa shape index (κ2) is 11.1. The average molecular weight is 558 g/mol. The number of hydrogen-bond donors (Lipinski definition) is 2. The van der Waals surface area contributed by atoms with Gasteiger partial charge in [-0.3, -0.25) is 14.3 Å². The summed E-state index contributed by atoms with van der Waals surface area (Å²) in [5.74, 6) is -0.735. The molecule has 0 aliphatic carbocycles. The third-order valence-corrected chi connectivity index (χ3v) is 8.00. The number of benzene rings is 2. The highest BCUT2D eigenvalue weighted by molar-refractivity contribution is 7.89. The molecule has 2 N–H and O–H groups in total. The number of aryl methyl sites for hydroxylation is 1. The Kier molecular flexibility index (Phi) is 7.64. The minimum atomic E-state index is -3.98. The quantitative estimate of drug-likeness (QED) is 0.322. The first-order valence-corrected chi connectivity index (χ1v) is 14.0. The van der Waals surface area contributed by atoms with E-state index in [1.165, 1.54) is 23.0 Å². The number of nitrogens with one attached hydrogen (secondary N) is 2. The molecule has 4 aromatic rings. The standard InChI is InChI=1S/C26H28FN5O6S/c1-2-31-16-28-24-23(31)25(33)30-26(34)32(24)15-18-5-3-17(4-6-18)14-29-39(35,36)20-7-8-22(21(27)13-20)38-19-9-11-37-12-10-19/h3-8,13,16,19,29H,2,9-12,14-15H2,1H3,(H,30,33,34). The van der Waals surface area contributed by atoms with Gasteiger partial charge in [0.15, 0.2) is 22.7 Å². The topological polar surface area (TPSA) is 137 Å². The number of halogens is 1. The molecular formula is C26H28FN5O6S. The fourth-order valence-electron chi connectivity index (χ4n) is 4.43. The zero-order valence-electron chi connectivity index (χ0n) is 21.2. The lowest BCUT2D eigenvalue weighted by Gasteiger charge is -2.23. The SMILES string of the molecule is CCn1cnc2c1c(=O)[nH]c(=O)n2Cc1ccc(CNS(=O)(=O)c2ccc(OC3CCOCC3)c(F)c2)cc1. The maximum Gasteiger partial charge on any atom is 0.330 e. The number of nitrogens with zero attached hydrogens (tertiary/aromatic N) is 3. The van der Waals surface area contributed by atoms with Gasteiger partial charge in [0.1, 0.15) is 6.10 Å². The molecule has 0 saturated carbocycles. The molecule has 0 bridgehead atoms. The summed E-state index contributed by atoms with van der Waals surface area (Å²) in [6.07, 6.45) is 2.65. The van der Waals surface area contributed by atoms with Gasteiger partial charge in [0, 0.05) is 25.9 Å². The summed E-state index contributed by atoms with van der Waals surface area (Å²) in [7, 11) is -3.98. The molecule has 0 amide bonds. The Balaban J connectivity index is 1.25. The normalized spacial score (nSPS) is 14.6. The van der Waals surface area contributed by atoms with E-state index in [2.05, 4.69) is 14.7 Å². The van der Waals surface area contributed by atoms with E-state index in [9.17, 15) is 22.4 Å². The van der Waals surface area contributed by atoms with Gasteiger partial charge in [-0.1, -0.05) is 24.3 Å². The Bertz CT molecular complexity index is 1710. The predicted molar refractivity (Wildman–Crippen MR) is 141 cm³/mol. The van der Waals surface area contributed by atoms with E-state index in [-0.39, 0.29) is 29.8 Å². The zero-order chi connectivity index (χ0) is 27.6. The Morgan fingerprint density at radius 2 is 1.85 bits per heavy atom. The van der Waals surface area contributed by atoms with Gasteiger partial charge in [0.2, 0.25) is 10.0 Å². The Labute approximate surface area is 223 Å². The molecule has 0 atom stereocenters. The molecule has 13 heteroatoms. The molecule has 1 fully saturated rings. The van der Waals surface area contributed by atoms with Crippen LogP contribution in [-0.4, -0.2) is 46.8 Å². The third-order valence-electron chi connectivity index (χ3n) is 6.60. The molecule has 3 heterocycles. The van der Waals surface area contributed by atoms with Gasteiger partial charge in [0.05, 0.1) is 31.0 Å². The van der Waals surface area contributed by atoms with Crippen LogP contribution in [0, 0.1) is 5.82 Å². The molecule has 5 rings (SSSR count). The molecule has 39 heavy (non-hydrogen) atoms. The molecule has 0 spiro atoms. The summed E-state index contributed by atoms with van der Waals surface area (Å²) in [6, 6.07) is 10.5. The van der Waals surface area contributed by atoms with Gasteiger partial charge in [-0.15, -0.1) is 0 Å². The van der Waals surface area contributed by atoms with Crippen molar-refractivity contribution in [2.24, 2.45) is 0 Å². The minimum absolute atomic E-state index is 0.0109. The highest BCUT2D eigenvalue weighted by atomic mass is 32.2. The fourth-order valence-corrected chi connectivity index (χ4v) is 5.46. The summed E-state index contributed by atoms with van der Waals surface area (Å²) in [4.78, 5) is 31.1. The van der Waals surface area contributed by atoms with Crippen LogP contribution in [0.4, 0.5) is 4.39 Å². The number of fused-ring (bicyclic) bond motifs is 1. The Hall–Kier alpha value is -3.81. The molecule has 0 radical (unpaired) electrons. The predicted octanol–water partition coefficient (Wildman–Crippen LogP) is 2.13. The first kappa shape index (κ1) is 26.8. The van der Waals surface area contributed by atoms with Crippen LogP contribution in [0.1, 0.15) is 30.9 Å². The van der Waals surface area contributed by atoms with Crippen LogP contribution in [0.5, 0.6) is 5.75 Å². The van der Waals surface area contributed by atoms with E-state index in [1.54, 1.807) is 28.8 Å². The molecule has 1 aliphatic rings. The fraction of sp³-hybridized carbons (Fsp3) is 0.346. The van der Waals surface area contributed by atoms with Crippen molar-refractivity contribution in [2.75, 3.05) is 13.2 Å². The van der Waals surface area contributed by atoms with Crippen molar-refractivity contribution in [1.82, 2.24) is 23.8 Å². The summed E-state index contributed by atoms with van der Waals surface area (Å²) >= 11 is 0. The van der Waals surface area contributed by atoms with Crippen LogP contribution < -0.4 is 20.7 Å². The molecule has 0 unspecified atom stereocenters. The van der Waals surface area contributed by atoms with Crippen molar-refractivity contribution in [3.63, 3.8) is 0 Å². The van der Waals surface area contributed by atoms with Crippen LogP contribution >= 0.6 is 0 Å². The molecule has 11 nitrogen and oxygen atoms in total. The monoisotopic (exact) mass is 557 g/mol. The summed E-state index contributed by atoms with van der Waals surface area (Å²) in [6.45, 7) is 3.64. The smallest absolute Gasteiger partial charge is 0.330 e. The summed E-state index contributed by atoms with van der Waals surface area (Å²) < 4.78 is 56.6. The Morgan fingerprint density at radius 1 is 1.13 bits per heavy atom. The van der Waals surface area contributed by atoms with Gasteiger partial charge >= 0.3 is 5.69 Å². The lowest BCUT2D eigenvalue weighted by Crippen LogP contribution is -2.31. The third kappa shape index (κ3) is 5.79. The lowest BCUT2D eigenvalue weighted by atomic mass is 10.1. The number of aromatic nitrogens is 4. The number of ether oxygens (including phenoxy) is 2. The van der Waals surface area contributed by atoms with Crippen LogP contribution in [0.2, 0.25) is 0 Å². The van der Waals surface area contributed by atoms with Crippen LogP contribution in [0.15, 0.2) is 63.3 Å². The van der Waals surface area contributed by atoms with Crippen molar-refractivity contribution in [2.45, 2.75) is 50.4 Å². The van der Waals surface area contributed by atoms with Crippen LogP contribution in [-0.2, 0) is 34.4 Å². The highest BCUT2D eigenvalue weighted by Gasteiger charge is 2.20. The number of rotatable bonds is 9. The maximum atomic E-state index is 14.6. The van der Waals surface area contributed by atoms with E-state index in [1.807, 2.05) is 6.92 Å². The van der Waals surface area contributed by atoms with Gasteiger partial charge in [0.25, 0.3) is 5.56 Å². The number of hydrogen-bond acceptors (Lipinski definition) is 7. The van der Waals surface area contributed by atoms with Crippen LogP contribution in [0.3, 0.4) is 0 Å². The first-order chi connectivity index (χ1) is 18.7.